The van der Waals surface area contributed by atoms with Gasteiger partial charge in [-0.1, -0.05) is 12.1 Å². The highest BCUT2D eigenvalue weighted by Crippen LogP contribution is 2.28. The van der Waals surface area contributed by atoms with Gasteiger partial charge >= 0.3 is 0 Å². The van der Waals surface area contributed by atoms with Gasteiger partial charge in [0.1, 0.15) is 0 Å². The van der Waals surface area contributed by atoms with Crippen LogP contribution >= 0.6 is 0 Å². The van der Waals surface area contributed by atoms with E-state index in [0.29, 0.717) is 12.5 Å². The Labute approximate surface area is 115 Å². The van der Waals surface area contributed by atoms with Gasteiger partial charge in [-0.3, -0.25) is 4.90 Å². The number of benzene rings is 1. The average molecular weight is 260 g/mol. The Hall–Kier alpha value is -1.06. The number of likely N-dealkylation sites (N-methyl/N-ethyl adjacent to an activating group) is 1. The summed E-state index contributed by atoms with van der Waals surface area (Å²) in [4.78, 5) is 4.86. The lowest BCUT2D eigenvalue weighted by molar-refractivity contribution is 0.127. The fraction of sp³-hybridized carbons (Fsp3) is 0.625. The number of likely N-dealkylation sites (tertiary alicyclic amines) is 1. The van der Waals surface area contributed by atoms with E-state index >= 15 is 0 Å². The lowest BCUT2D eigenvalue weighted by atomic mass is 9.97. The van der Waals surface area contributed by atoms with Crippen LogP contribution in [0.5, 0.6) is 0 Å². The molecule has 3 rings (SSSR count). The van der Waals surface area contributed by atoms with Crippen molar-refractivity contribution in [3.63, 3.8) is 0 Å². The zero-order valence-electron chi connectivity index (χ0n) is 11.8. The Kier molecular flexibility index (Phi) is 3.76. The number of hydrogen-bond acceptors (Lipinski definition) is 3. The van der Waals surface area contributed by atoms with E-state index in [1.165, 1.54) is 23.2 Å². The van der Waals surface area contributed by atoms with Gasteiger partial charge < -0.3 is 10.0 Å². The molecule has 0 bridgehead atoms. The molecular formula is C16H24N2O. The molecule has 3 nitrogen and oxygen atoms in total. The standard InChI is InChI=1S/C16H24N2O/c1-17-7-6-15-10-14(2-3-16(15)17)11-18-8-4-13(12-19)5-9-18/h2-3,10,13,19H,4-9,11-12H2,1H3. The molecule has 0 spiro atoms. The first-order valence-corrected chi connectivity index (χ1v) is 7.42. The van der Waals surface area contributed by atoms with Crippen LogP contribution in [0.4, 0.5) is 5.69 Å². The van der Waals surface area contributed by atoms with Crippen LogP contribution in [-0.2, 0) is 13.0 Å². The molecule has 2 aliphatic rings. The molecule has 0 amide bonds. The minimum Gasteiger partial charge on any atom is -0.396 e. The molecule has 19 heavy (non-hydrogen) atoms. The van der Waals surface area contributed by atoms with E-state index < -0.39 is 0 Å². The van der Waals surface area contributed by atoms with Crippen molar-refractivity contribution in [2.45, 2.75) is 25.8 Å². The molecular weight excluding hydrogens is 236 g/mol. The van der Waals surface area contributed by atoms with Crippen molar-refractivity contribution in [2.24, 2.45) is 5.92 Å². The normalized spacial score (nSPS) is 20.8. The smallest absolute Gasteiger partial charge is 0.0460 e. The van der Waals surface area contributed by atoms with Crippen LogP contribution in [-0.4, -0.2) is 43.3 Å². The molecule has 2 heterocycles. The van der Waals surface area contributed by atoms with Crippen LogP contribution in [0.1, 0.15) is 24.0 Å². The molecule has 0 atom stereocenters. The Morgan fingerprint density at radius 2 is 2.00 bits per heavy atom. The highest BCUT2D eigenvalue weighted by atomic mass is 16.3. The molecule has 1 aromatic carbocycles. The summed E-state index contributed by atoms with van der Waals surface area (Å²) >= 11 is 0. The van der Waals surface area contributed by atoms with Gasteiger partial charge in [-0.2, -0.15) is 0 Å². The number of rotatable bonds is 3. The van der Waals surface area contributed by atoms with E-state index in [4.69, 9.17) is 0 Å². The summed E-state index contributed by atoms with van der Waals surface area (Å²) in [6.45, 7) is 4.83. The van der Waals surface area contributed by atoms with Crippen molar-refractivity contribution in [3.05, 3.63) is 29.3 Å². The van der Waals surface area contributed by atoms with Crippen molar-refractivity contribution in [2.75, 3.05) is 38.2 Å². The number of nitrogens with zero attached hydrogens (tertiary/aromatic N) is 2. The summed E-state index contributed by atoms with van der Waals surface area (Å²) < 4.78 is 0. The summed E-state index contributed by atoms with van der Waals surface area (Å²) in [6, 6.07) is 6.94. The second-order valence-electron chi connectivity index (χ2n) is 6.04. The summed E-state index contributed by atoms with van der Waals surface area (Å²) in [7, 11) is 2.17. The van der Waals surface area contributed by atoms with Gasteiger partial charge in [0.25, 0.3) is 0 Å². The minimum absolute atomic E-state index is 0.360. The first-order valence-electron chi connectivity index (χ1n) is 7.42. The van der Waals surface area contributed by atoms with Crippen LogP contribution in [0.2, 0.25) is 0 Å². The number of fused-ring (bicyclic) bond motifs is 1. The Bertz CT molecular complexity index is 438. The molecule has 0 saturated carbocycles. The monoisotopic (exact) mass is 260 g/mol. The van der Waals surface area contributed by atoms with E-state index in [0.717, 1.165) is 39.0 Å². The molecule has 1 saturated heterocycles. The quantitative estimate of drug-likeness (QED) is 0.899. The first-order chi connectivity index (χ1) is 9.26. The summed E-state index contributed by atoms with van der Waals surface area (Å²) in [5, 5.41) is 9.17. The van der Waals surface area contributed by atoms with Crippen LogP contribution in [0, 0.1) is 5.92 Å². The van der Waals surface area contributed by atoms with Gasteiger partial charge in [0, 0.05) is 32.4 Å². The van der Waals surface area contributed by atoms with Gasteiger partial charge in [-0.15, -0.1) is 0 Å². The van der Waals surface area contributed by atoms with Gasteiger partial charge in [0.05, 0.1) is 0 Å². The third-order valence-electron chi connectivity index (χ3n) is 4.64. The summed E-state index contributed by atoms with van der Waals surface area (Å²) in [5.74, 6) is 0.532. The molecule has 2 aliphatic heterocycles. The van der Waals surface area contributed by atoms with E-state index in [9.17, 15) is 5.11 Å². The van der Waals surface area contributed by atoms with E-state index in [1.54, 1.807) is 0 Å². The Morgan fingerprint density at radius 1 is 1.21 bits per heavy atom. The molecule has 0 aromatic heterocycles. The Balaban J connectivity index is 1.62. The van der Waals surface area contributed by atoms with Crippen molar-refractivity contribution in [3.8, 4) is 0 Å². The predicted molar refractivity (Wildman–Crippen MR) is 78.5 cm³/mol. The van der Waals surface area contributed by atoms with Crippen LogP contribution in [0.15, 0.2) is 18.2 Å². The van der Waals surface area contributed by atoms with Crippen molar-refractivity contribution in [1.29, 1.82) is 0 Å². The zero-order chi connectivity index (χ0) is 13.2. The highest BCUT2D eigenvalue weighted by molar-refractivity contribution is 5.58. The van der Waals surface area contributed by atoms with Crippen molar-refractivity contribution >= 4 is 5.69 Å². The molecule has 3 heteroatoms. The number of anilines is 1. The summed E-state index contributed by atoms with van der Waals surface area (Å²) in [6.07, 6.45) is 3.47. The topological polar surface area (TPSA) is 26.7 Å². The number of hydrogen-bond donors (Lipinski definition) is 1. The van der Waals surface area contributed by atoms with E-state index in [1.807, 2.05) is 0 Å². The predicted octanol–water partition coefficient (Wildman–Crippen LogP) is 1.88. The molecule has 0 aliphatic carbocycles. The summed E-state index contributed by atoms with van der Waals surface area (Å²) in [5.41, 5.74) is 4.35. The minimum atomic E-state index is 0.360. The lowest BCUT2D eigenvalue weighted by Crippen LogP contribution is -2.34. The third kappa shape index (κ3) is 2.77. The van der Waals surface area contributed by atoms with Crippen molar-refractivity contribution < 1.29 is 5.11 Å². The zero-order valence-corrected chi connectivity index (χ0v) is 11.8. The van der Waals surface area contributed by atoms with Gasteiger partial charge in [-0.25, -0.2) is 0 Å². The maximum atomic E-state index is 9.17. The van der Waals surface area contributed by atoms with Gasteiger partial charge in [0.2, 0.25) is 0 Å². The number of aliphatic hydroxyl groups excluding tert-OH is 1. The van der Waals surface area contributed by atoms with Crippen LogP contribution in [0.3, 0.4) is 0 Å². The van der Waals surface area contributed by atoms with Crippen molar-refractivity contribution in [1.82, 2.24) is 4.90 Å². The lowest BCUT2D eigenvalue weighted by Gasteiger charge is -2.31. The fourth-order valence-corrected chi connectivity index (χ4v) is 3.30. The molecule has 0 unspecified atom stereocenters. The molecule has 1 aromatic rings. The number of aliphatic hydroxyl groups is 1. The second kappa shape index (κ2) is 5.51. The molecule has 1 N–H and O–H groups in total. The number of piperidine rings is 1. The first kappa shape index (κ1) is 12.9. The van der Waals surface area contributed by atoms with Gasteiger partial charge in [0.15, 0.2) is 0 Å². The molecule has 0 radical (unpaired) electrons. The van der Waals surface area contributed by atoms with Gasteiger partial charge in [-0.05, 0) is 55.5 Å². The second-order valence-corrected chi connectivity index (χ2v) is 6.04. The largest absolute Gasteiger partial charge is 0.396 e. The van der Waals surface area contributed by atoms with Crippen LogP contribution in [0.25, 0.3) is 0 Å². The maximum Gasteiger partial charge on any atom is 0.0460 e. The molecule has 1 fully saturated rings. The van der Waals surface area contributed by atoms with Crippen LogP contribution < -0.4 is 4.90 Å². The molecule has 104 valence electrons. The SMILES string of the molecule is CN1CCc2cc(CN3CCC(CO)CC3)ccc21. The Morgan fingerprint density at radius 3 is 2.74 bits per heavy atom. The third-order valence-corrected chi connectivity index (χ3v) is 4.64. The van der Waals surface area contributed by atoms with E-state index in [2.05, 4.69) is 35.0 Å². The van der Waals surface area contributed by atoms with E-state index in [-0.39, 0.29) is 0 Å². The highest BCUT2D eigenvalue weighted by Gasteiger charge is 2.20. The fourth-order valence-electron chi connectivity index (χ4n) is 3.30. The maximum absolute atomic E-state index is 9.17. The average Bonchev–Trinajstić information content (AvgIpc) is 2.81.